The molecule has 0 aromatic heterocycles. The van der Waals surface area contributed by atoms with Crippen molar-refractivity contribution in [2.24, 2.45) is 0 Å². The van der Waals surface area contributed by atoms with Crippen LogP contribution in [0.3, 0.4) is 0 Å². The van der Waals surface area contributed by atoms with Crippen LogP contribution in [-0.4, -0.2) is 37.2 Å². The van der Waals surface area contributed by atoms with Gasteiger partial charge in [0.2, 0.25) is 0 Å². The van der Waals surface area contributed by atoms with Crippen LogP contribution in [0.5, 0.6) is 0 Å². The molecule has 0 saturated heterocycles. The van der Waals surface area contributed by atoms with E-state index in [1.165, 1.54) is 96.3 Å². The molecule has 1 unspecified atom stereocenters. The van der Waals surface area contributed by atoms with E-state index < -0.39 is 6.10 Å². The smallest absolute Gasteiger partial charge is 0.306 e. The molecule has 0 N–H and O–H groups in total. The zero-order valence-corrected chi connectivity index (χ0v) is 29.9. The minimum atomic E-state index is -0.760. The number of hydrogen-bond donors (Lipinski definition) is 0. The predicted molar refractivity (Wildman–Crippen MR) is 187 cm³/mol. The van der Waals surface area contributed by atoms with E-state index in [1.54, 1.807) is 0 Å². The number of carbonyl (C=O) groups is 3. The molecular formula is C39H72O6. The summed E-state index contributed by atoms with van der Waals surface area (Å²) in [4.78, 5) is 36.9. The number of esters is 3. The van der Waals surface area contributed by atoms with E-state index in [-0.39, 0.29) is 31.1 Å². The second kappa shape index (κ2) is 35.0. The van der Waals surface area contributed by atoms with E-state index in [1.807, 2.05) is 0 Å². The number of rotatable bonds is 34. The Morgan fingerprint density at radius 3 is 1.16 bits per heavy atom. The van der Waals surface area contributed by atoms with Gasteiger partial charge in [0.15, 0.2) is 6.10 Å². The molecule has 0 aromatic carbocycles. The van der Waals surface area contributed by atoms with Gasteiger partial charge in [-0.25, -0.2) is 0 Å². The fourth-order valence-electron chi connectivity index (χ4n) is 5.32. The van der Waals surface area contributed by atoms with Crippen molar-refractivity contribution in [3.63, 3.8) is 0 Å². The average molecular weight is 637 g/mol. The quantitative estimate of drug-likeness (QED) is 0.0303. The molecule has 0 fully saturated rings. The summed E-state index contributed by atoms with van der Waals surface area (Å²) in [5.41, 5.74) is 0. The minimum Gasteiger partial charge on any atom is -0.462 e. The van der Waals surface area contributed by atoms with Crippen LogP contribution < -0.4 is 0 Å². The van der Waals surface area contributed by atoms with Crippen LogP contribution in [0.25, 0.3) is 0 Å². The Morgan fingerprint density at radius 1 is 0.422 bits per heavy atom. The molecule has 0 spiro atoms. The largest absolute Gasteiger partial charge is 0.462 e. The Kier molecular flexibility index (Phi) is 33.6. The molecule has 0 rings (SSSR count). The van der Waals surface area contributed by atoms with E-state index >= 15 is 0 Å². The van der Waals surface area contributed by atoms with Gasteiger partial charge in [-0.3, -0.25) is 14.4 Å². The van der Waals surface area contributed by atoms with Gasteiger partial charge < -0.3 is 14.2 Å². The fourth-order valence-corrected chi connectivity index (χ4v) is 5.32. The fraction of sp³-hybridized carbons (Fsp3) is 0.872. The second-order valence-electron chi connectivity index (χ2n) is 12.8. The molecular weight excluding hydrogens is 564 g/mol. The highest BCUT2D eigenvalue weighted by atomic mass is 16.6. The van der Waals surface area contributed by atoms with Gasteiger partial charge in [-0.05, 0) is 44.9 Å². The van der Waals surface area contributed by atoms with Crippen LogP contribution >= 0.6 is 0 Å². The Morgan fingerprint density at radius 2 is 0.733 bits per heavy atom. The monoisotopic (exact) mass is 637 g/mol. The van der Waals surface area contributed by atoms with Gasteiger partial charge in [0.1, 0.15) is 13.2 Å². The first-order valence-electron chi connectivity index (χ1n) is 19.2. The summed E-state index contributed by atoms with van der Waals surface area (Å²) in [5.74, 6) is -0.914. The molecule has 6 heteroatoms. The van der Waals surface area contributed by atoms with Crippen molar-refractivity contribution >= 4 is 17.9 Å². The first kappa shape index (κ1) is 43.1. The van der Waals surface area contributed by atoms with Crippen LogP contribution in [0.15, 0.2) is 12.2 Å². The van der Waals surface area contributed by atoms with Crippen molar-refractivity contribution in [2.45, 2.75) is 207 Å². The van der Waals surface area contributed by atoms with E-state index in [0.29, 0.717) is 19.3 Å². The Hall–Kier alpha value is -1.85. The third kappa shape index (κ3) is 33.3. The summed E-state index contributed by atoms with van der Waals surface area (Å²) in [6, 6.07) is 0. The van der Waals surface area contributed by atoms with Gasteiger partial charge in [-0.15, -0.1) is 0 Å². The van der Waals surface area contributed by atoms with Crippen LogP contribution in [-0.2, 0) is 28.6 Å². The number of ether oxygens (including phenoxy) is 3. The zero-order valence-electron chi connectivity index (χ0n) is 29.9. The lowest BCUT2D eigenvalue weighted by Crippen LogP contribution is -2.30. The lowest BCUT2D eigenvalue weighted by atomic mass is 10.1. The first-order chi connectivity index (χ1) is 22.0. The maximum Gasteiger partial charge on any atom is 0.306 e. The zero-order chi connectivity index (χ0) is 33.1. The topological polar surface area (TPSA) is 78.9 Å². The van der Waals surface area contributed by atoms with Crippen molar-refractivity contribution in [1.29, 1.82) is 0 Å². The number of carbonyl (C=O) groups excluding carboxylic acids is 3. The van der Waals surface area contributed by atoms with Crippen molar-refractivity contribution in [3.8, 4) is 0 Å². The van der Waals surface area contributed by atoms with Gasteiger partial charge >= 0.3 is 17.9 Å². The molecule has 45 heavy (non-hydrogen) atoms. The summed E-state index contributed by atoms with van der Waals surface area (Å²) in [6.07, 6.45) is 34.0. The van der Waals surface area contributed by atoms with E-state index in [9.17, 15) is 14.4 Å². The van der Waals surface area contributed by atoms with Gasteiger partial charge in [-0.2, -0.15) is 0 Å². The van der Waals surface area contributed by atoms with Gasteiger partial charge in [0, 0.05) is 19.3 Å². The standard InChI is InChI=1S/C39H72O6/c1-4-7-10-12-14-16-17-18-19-20-21-23-24-26-29-32-38(41)44-35-36(34-43-37(40)31-28-9-6-3)45-39(42)33-30-27-25-22-15-13-11-8-5-2/h18-19,36H,4-17,20-35H2,1-3H3/b19-18-. The highest BCUT2D eigenvalue weighted by Crippen LogP contribution is 2.13. The molecule has 1 atom stereocenters. The molecule has 6 nitrogen and oxygen atoms in total. The summed E-state index contributed by atoms with van der Waals surface area (Å²) in [5, 5.41) is 0. The van der Waals surface area contributed by atoms with Crippen LogP contribution in [0.1, 0.15) is 201 Å². The average Bonchev–Trinajstić information content (AvgIpc) is 3.03. The maximum atomic E-state index is 12.5. The molecule has 0 aliphatic rings. The van der Waals surface area contributed by atoms with Crippen LogP contribution in [0.4, 0.5) is 0 Å². The summed E-state index contributed by atoms with van der Waals surface area (Å²) in [7, 11) is 0. The molecule has 0 heterocycles. The van der Waals surface area contributed by atoms with E-state index in [2.05, 4.69) is 32.9 Å². The van der Waals surface area contributed by atoms with Crippen molar-refractivity contribution in [3.05, 3.63) is 12.2 Å². The second-order valence-corrected chi connectivity index (χ2v) is 12.8. The SMILES string of the molecule is CCCCCCCC/C=C\CCCCCCCC(=O)OCC(COC(=O)CCCCC)OC(=O)CCCCCCCCCCC. The molecule has 264 valence electrons. The Labute approximate surface area is 278 Å². The van der Waals surface area contributed by atoms with Crippen molar-refractivity contribution in [2.75, 3.05) is 13.2 Å². The third-order valence-electron chi connectivity index (χ3n) is 8.27. The Balaban J connectivity index is 4.15. The lowest BCUT2D eigenvalue weighted by Gasteiger charge is -2.18. The third-order valence-corrected chi connectivity index (χ3v) is 8.27. The summed E-state index contributed by atoms with van der Waals surface area (Å²) in [6.45, 7) is 6.42. The number of unbranched alkanes of at least 4 members (excludes halogenated alkanes) is 21. The number of allylic oxidation sites excluding steroid dienone is 2. The minimum absolute atomic E-state index is 0.0738. The van der Waals surface area contributed by atoms with Crippen LogP contribution in [0, 0.1) is 0 Å². The molecule has 0 aliphatic carbocycles. The summed E-state index contributed by atoms with van der Waals surface area (Å²) >= 11 is 0. The van der Waals surface area contributed by atoms with E-state index in [0.717, 1.165) is 64.2 Å². The Bertz CT molecular complexity index is 704. The van der Waals surface area contributed by atoms with Gasteiger partial charge in [0.05, 0.1) is 0 Å². The number of hydrogen-bond acceptors (Lipinski definition) is 6. The first-order valence-corrected chi connectivity index (χ1v) is 19.2. The molecule has 0 saturated carbocycles. The predicted octanol–water partition coefficient (Wildman–Crippen LogP) is 11.5. The van der Waals surface area contributed by atoms with Gasteiger partial charge in [-0.1, -0.05) is 148 Å². The van der Waals surface area contributed by atoms with Crippen LogP contribution in [0.2, 0.25) is 0 Å². The van der Waals surface area contributed by atoms with Crippen molar-refractivity contribution < 1.29 is 28.6 Å². The molecule has 0 aromatic rings. The molecule has 0 bridgehead atoms. The molecule has 0 amide bonds. The van der Waals surface area contributed by atoms with Crippen molar-refractivity contribution in [1.82, 2.24) is 0 Å². The molecule has 0 radical (unpaired) electrons. The van der Waals surface area contributed by atoms with Gasteiger partial charge in [0.25, 0.3) is 0 Å². The lowest BCUT2D eigenvalue weighted by molar-refractivity contribution is -0.167. The normalized spacial score (nSPS) is 12.0. The highest BCUT2D eigenvalue weighted by molar-refractivity contribution is 5.71. The summed E-state index contributed by atoms with van der Waals surface area (Å²) < 4.78 is 16.4. The maximum absolute atomic E-state index is 12.5. The highest BCUT2D eigenvalue weighted by Gasteiger charge is 2.19. The molecule has 0 aliphatic heterocycles. The van der Waals surface area contributed by atoms with E-state index in [4.69, 9.17) is 14.2 Å².